The van der Waals surface area contributed by atoms with Crippen LogP contribution in [-0.4, -0.2) is 17.6 Å². The van der Waals surface area contributed by atoms with Crippen LogP contribution in [0.2, 0.25) is 0 Å². The van der Waals surface area contributed by atoms with Gasteiger partial charge >= 0.3 is 0 Å². The average Bonchev–Trinajstić information content (AvgIpc) is 2.47. The van der Waals surface area contributed by atoms with Crippen molar-refractivity contribution in [2.24, 2.45) is 0 Å². The predicted molar refractivity (Wildman–Crippen MR) is 49.1 cm³/mol. The van der Waals surface area contributed by atoms with Crippen molar-refractivity contribution < 1.29 is 0 Å². The third kappa shape index (κ3) is 1.34. The largest absolute Gasteiger partial charge is 0.314 e. The molecule has 0 amide bonds. The van der Waals surface area contributed by atoms with E-state index in [-0.39, 0.29) is 0 Å². The number of hydrogen-bond donors (Lipinski definition) is 1. The molecular formula is C10H14N2. The van der Waals surface area contributed by atoms with Gasteiger partial charge in [-0.1, -0.05) is 13.0 Å². The molecule has 0 bridgehead atoms. The SMILES string of the molecule is CCNC1Cc2cccnc2C1. The molecule has 64 valence electrons. The first-order chi connectivity index (χ1) is 5.90. The second-order valence-electron chi connectivity index (χ2n) is 3.27. The van der Waals surface area contributed by atoms with Crippen LogP contribution < -0.4 is 5.32 Å². The summed E-state index contributed by atoms with van der Waals surface area (Å²) in [4.78, 5) is 4.35. The smallest absolute Gasteiger partial charge is 0.0451 e. The maximum absolute atomic E-state index is 4.35. The molecule has 1 atom stereocenters. The van der Waals surface area contributed by atoms with E-state index in [0.29, 0.717) is 6.04 Å². The van der Waals surface area contributed by atoms with E-state index in [1.54, 1.807) is 0 Å². The van der Waals surface area contributed by atoms with Crippen LogP contribution in [0.15, 0.2) is 18.3 Å². The van der Waals surface area contributed by atoms with Gasteiger partial charge in [-0.15, -0.1) is 0 Å². The highest BCUT2D eigenvalue weighted by molar-refractivity contribution is 5.27. The van der Waals surface area contributed by atoms with E-state index in [0.717, 1.165) is 19.4 Å². The number of nitrogens with zero attached hydrogens (tertiary/aromatic N) is 1. The van der Waals surface area contributed by atoms with Crippen LogP contribution in [-0.2, 0) is 12.8 Å². The van der Waals surface area contributed by atoms with Crippen molar-refractivity contribution in [3.63, 3.8) is 0 Å². The Balaban J connectivity index is 2.11. The lowest BCUT2D eigenvalue weighted by atomic mass is 10.2. The molecule has 12 heavy (non-hydrogen) atoms. The Hall–Kier alpha value is -0.890. The van der Waals surface area contributed by atoms with Crippen molar-refractivity contribution in [2.75, 3.05) is 6.54 Å². The third-order valence-electron chi connectivity index (χ3n) is 2.38. The quantitative estimate of drug-likeness (QED) is 0.706. The van der Waals surface area contributed by atoms with E-state index in [9.17, 15) is 0 Å². The second kappa shape index (κ2) is 3.23. The van der Waals surface area contributed by atoms with E-state index < -0.39 is 0 Å². The molecular weight excluding hydrogens is 148 g/mol. The van der Waals surface area contributed by atoms with Gasteiger partial charge in [0.1, 0.15) is 0 Å². The van der Waals surface area contributed by atoms with Gasteiger partial charge in [0.15, 0.2) is 0 Å². The maximum atomic E-state index is 4.35. The number of aromatic nitrogens is 1. The summed E-state index contributed by atoms with van der Waals surface area (Å²) in [6.07, 6.45) is 4.13. The summed E-state index contributed by atoms with van der Waals surface area (Å²) in [5, 5.41) is 3.45. The average molecular weight is 162 g/mol. The molecule has 0 fully saturated rings. The third-order valence-corrected chi connectivity index (χ3v) is 2.38. The fraction of sp³-hybridized carbons (Fsp3) is 0.500. The monoisotopic (exact) mass is 162 g/mol. The van der Waals surface area contributed by atoms with E-state index in [1.807, 2.05) is 12.3 Å². The number of fused-ring (bicyclic) bond motifs is 1. The summed E-state index contributed by atoms with van der Waals surface area (Å²) in [6, 6.07) is 4.83. The Morgan fingerprint density at radius 3 is 3.25 bits per heavy atom. The van der Waals surface area contributed by atoms with Gasteiger partial charge in [-0.3, -0.25) is 4.98 Å². The Morgan fingerprint density at radius 1 is 1.58 bits per heavy atom. The lowest BCUT2D eigenvalue weighted by molar-refractivity contribution is 0.550. The Labute approximate surface area is 73.0 Å². The van der Waals surface area contributed by atoms with Crippen molar-refractivity contribution >= 4 is 0 Å². The van der Waals surface area contributed by atoms with Crippen LogP contribution in [0.25, 0.3) is 0 Å². The van der Waals surface area contributed by atoms with Gasteiger partial charge in [-0.25, -0.2) is 0 Å². The summed E-state index contributed by atoms with van der Waals surface area (Å²) in [5.41, 5.74) is 2.70. The molecule has 1 heterocycles. The molecule has 2 nitrogen and oxygen atoms in total. The number of hydrogen-bond acceptors (Lipinski definition) is 2. The molecule has 1 aromatic heterocycles. The zero-order chi connectivity index (χ0) is 8.39. The summed E-state index contributed by atoms with van der Waals surface area (Å²) in [7, 11) is 0. The predicted octanol–water partition coefficient (Wildman–Crippen LogP) is 1.16. The number of pyridine rings is 1. The van der Waals surface area contributed by atoms with Gasteiger partial charge in [0.05, 0.1) is 0 Å². The molecule has 0 aliphatic heterocycles. The van der Waals surface area contributed by atoms with Gasteiger partial charge in [-0.2, -0.15) is 0 Å². The fourth-order valence-corrected chi connectivity index (χ4v) is 1.84. The molecule has 0 radical (unpaired) electrons. The Morgan fingerprint density at radius 2 is 2.50 bits per heavy atom. The van der Waals surface area contributed by atoms with E-state index in [1.165, 1.54) is 11.3 Å². The number of rotatable bonds is 2. The molecule has 2 heteroatoms. The molecule has 2 rings (SSSR count). The zero-order valence-corrected chi connectivity index (χ0v) is 7.38. The lowest BCUT2D eigenvalue weighted by Gasteiger charge is -2.07. The van der Waals surface area contributed by atoms with Crippen molar-refractivity contribution in [3.05, 3.63) is 29.6 Å². The summed E-state index contributed by atoms with van der Waals surface area (Å²) in [5.74, 6) is 0. The molecule has 0 spiro atoms. The van der Waals surface area contributed by atoms with Crippen molar-refractivity contribution in [3.8, 4) is 0 Å². The van der Waals surface area contributed by atoms with E-state index in [2.05, 4.69) is 23.3 Å². The lowest BCUT2D eigenvalue weighted by Crippen LogP contribution is -2.29. The molecule has 1 N–H and O–H groups in total. The van der Waals surface area contributed by atoms with Crippen molar-refractivity contribution in [2.45, 2.75) is 25.8 Å². The van der Waals surface area contributed by atoms with Gasteiger partial charge < -0.3 is 5.32 Å². The summed E-state index contributed by atoms with van der Waals surface area (Å²) < 4.78 is 0. The Kier molecular flexibility index (Phi) is 2.09. The van der Waals surface area contributed by atoms with E-state index >= 15 is 0 Å². The topological polar surface area (TPSA) is 24.9 Å². The van der Waals surface area contributed by atoms with Gasteiger partial charge in [-0.05, 0) is 24.6 Å². The number of likely N-dealkylation sites (N-methyl/N-ethyl adjacent to an activating group) is 1. The van der Waals surface area contributed by atoms with Gasteiger partial charge in [0.2, 0.25) is 0 Å². The van der Waals surface area contributed by atoms with Crippen molar-refractivity contribution in [1.82, 2.24) is 10.3 Å². The summed E-state index contributed by atoms with van der Waals surface area (Å²) >= 11 is 0. The molecule has 1 aliphatic rings. The standard InChI is InChI=1S/C10H14N2/c1-2-11-9-6-8-4-3-5-12-10(8)7-9/h3-5,9,11H,2,6-7H2,1H3. The molecule has 1 aliphatic carbocycles. The van der Waals surface area contributed by atoms with Crippen LogP contribution in [0.4, 0.5) is 0 Å². The fourth-order valence-electron chi connectivity index (χ4n) is 1.84. The van der Waals surface area contributed by atoms with Gasteiger partial charge in [0, 0.05) is 24.4 Å². The van der Waals surface area contributed by atoms with Crippen LogP contribution in [0.1, 0.15) is 18.2 Å². The zero-order valence-electron chi connectivity index (χ0n) is 7.38. The van der Waals surface area contributed by atoms with Crippen LogP contribution in [0.5, 0.6) is 0 Å². The highest BCUT2D eigenvalue weighted by atomic mass is 14.9. The molecule has 0 saturated heterocycles. The maximum Gasteiger partial charge on any atom is 0.0451 e. The van der Waals surface area contributed by atoms with Crippen molar-refractivity contribution in [1.29, 1.82) is 0 Å². The van der Waals surface area contributed by atoms with Gasteiger partial charge in [0.25, 0.3) is 0 Å². The molecule has 1 aromatic rings. The molecule has 1 unspecified atom stereocenters. The highest BCUT2D eigenvalue weighted by Gasteiger charge is 2.20. The van der Waals surface area contributed by atoms with Crippen LogP contribution in [0.3, 0.4) is 0 Å². The Bertz CT molecular complexity index is 245. The van der Waals surface area contributed by atoms with Crippen LogP contribution in [0, 0.1) is 0 Å². The minimum absolute atomic E-state index is 0.625. The first kappa shape index (κ1) is 7.74. The van der Waals surface area contributed by atoms with Crippen LogP contribution >= 0.6 is 0 Å². The first-order valence-corrected chi connectivity index (χ1v) is 4.56. The first-order valence-electron chi connectivity index (χ1n) is 4.56. The minimum atomic E-state index is 0.625. The second-order valence-corrected chi connectivity index (χ2v) is 3.27. The molecule has 0 saturated carbocycles. The number of nitrogens with one attached hydrogen (secondary N) is 1. The molecule has 0 aromatic carbocycles. The highest BCUT2D eigenvalue weighted by Crippen LogP contribution is 2.18. The summed E-state index contributed by atoms with van der Waals surface area (Å²) in [6.45, 7) is 3.20. The normalized spacial score (nSPS) is 20.9. The van der Waals surface area contributed by atoms with E-state index in [4.69, 9.17) is 0 Å². The minimum Gasteiger partial charge on any atom is -0.314 e.